The Hall–Kier alpha value is -1.74. The van der Waals surface area contributed by atoms with Crippen molar-refractivity contribution in [2.75, 3.05) is 40.8 Å². The van der Waals surface area contributed by atoms with Gasteiger partial charge in [0.1, 0.15) is 5.75 Å². The van der Waals surface area contributed by atoms with Gasteiger partial charge in [0.15, 0.2) is 5.96 Å². The van der Waals surface area contributed by atoms with Crippen molar-refractivity contribution in [1.82, 2.24) is 19.7 Å². The summed E-state index contributed by atoms with van der Waals surface area (Å²) < 4.78 is 7.40. The van der Waals surface area contributed by atoms with E-state index in [0.717, 1.165) is 44.4 Å². The summed E-state index contributed by atoms with van der Waals surface area (Å²) in [5.41, 5.74) is 2.63. The number of guanidine groups is 1. The standard InChI is InChI=1S/C23H35N5O.HI/c1-24-23(27(3)18-21-6-5-13-26(21)2)25-16-19-11-14-28(15-12-19)17-20-7-9-22(29-4)10-8-20;/h5-10,13,19H,11-12,14-18H2,1-4H3,(H,24,25);1H. The van der Waals surface area contributed by atoms with Crippen molar-refractivity contribution in [2.24, 2.45) is 18.0 Å². The molecule has 1 aliphatic heterocycles. The zero-order valence-corrected chi connectivity index (χ0v) is 21.0. The van der Waals surface area contributed by atoms with Gasteiger partial charge in [0, 0.05) is 46.1 Å². The molecule has 0 saturated carbocycles. The Balaban J connectivity index is 0.00000320. The van der Waals surface area contributed by atoms with Crippen molar-refractivity contribution < 1.29 is 4.74 Å². The molecule has 30 heavy (non-hydrogen) atoms. The molecule has 1 aromatic carbocycles. The van der Waals surface area contributed by atoms with E-state index >= 15 is 0 Å². The number of aryl methyl sites for hydroxylation is 1. The number of rotatable bonds is 7. The van der Waals surface area contributed by atoms with E-state index in [9.17, 15) is 0 Å². The van der Waals surface area contributed by atoms with Gasteiger partial charge in [0.2, 0.25) is 0 Å². The SMILES string of the molecule is CN=C(NCC1CCN(Cc2ccc(OC)cc2)CC1)N(C)Cc1cccn1C.I. The monoisotopic (exact) mass is 525 g/mol. The van der Waals surface area contributed by atoms with Crippen molar-refractivity contribution >= 4 is 29.9 Å². The fourth-order valence-corrected chi connectivity index (χ4v) is 3.94. The van der Waals surface area contributed by atoms with Gasteiger partial charge in [-0.05, 0) is 61.7 Å². The predicted molar refractivity (Wildman–Crippen MR) is 135 cm³/mol. The first-order valence-electron chi connectivity index (χ1n) is 10.5. The predicted octanol–water partition coefficient (Wildman–Crippen LogP) is 3.57. The highest BCUT2D eigenvalue weighted by atomic mass is 127. The molecule has 1 aromatic heterocycles. The summed E-state index contributed by atoms with van der Waals surface area (Å²) in [5, 5.41) is 3.58. The number of benzene rings is 1. The number of methoxy groups -OCH3 is 1. The number of ether oxygens (including phenoxy) is 1. The molecule has 0 atom stereocenters. The van der Waals surface area contributed by atoms with E-state index < -0.39 is 0 Å². The van der Waals surface area contributed by atoms with Gasteiger partial charge in [-0.1, -0.05) is 12.1 Å². The summed E-state index contributed by atoms with van der Waals surface area (Å²) in [6.45, 7) is 5.15. The summed E-state index contributed by atoms with van der Waals surface area (Å²) in [6, 6.07) is 12.7. The maximum absolute atomic E-state index is 5.25. The van der Waals surface area contributed by atoms with Crippen LogP contribution < -0.4 is 10.1 Å². The lowest BCUT2D eigenvalue weighted by Crippen LogP contribution is -2.43. The second kappa shape index (κ2) is 12.2. The van der Waals surface area contributed by atoms with Gasteiger partial charge in [0.05, 0.1) is 13.7 Å². The highest BCUT2D eigenvalue weighted by molar-refractivity contribution is 14.0. The third-order valence-electron chi connectivity index (χ3n) is 5.85. The summed E-state index contributed by atoms with van der Waals surface area (Å²) in [6.07, 6.45) is 4.53. The number of aliphatic imine (C=N–C) groups is 1. The zero-order chi connectivity index (χ0) is 20.6. The van der Waals surface area contributed by atoms with E-state index in [4.69, 9.17) is 4.74 Å². The van der Waals surface area contributed by atoms with Gasteiger partial charge < -0.3 is 19.5 Å². The fourth-order valence-electron chi connectivity index (χ4n) is 3.94. The van der Waals surface area contributed by atoms with E-state index in [-0.39, 0.29) is 24.0 Å². The maximum atomic E-state index is 5.25. The number of nitrogens with zero attached hydrogens (tertiary/aromatic N) is 4. The van der Waals surface area contributed by atoms with Gasteiger partial charge in [0.25, 0.3) is 0 Å². The van der Waals surface area contributed by atoms with Gasteiger partial charge in [-0.2, -0.15) is 0 Å². The van der Waals surface area contributed by atoms with Crippen LogP contribution in [-0.2, 0) is 20.1 Å². The molecule has 3 rings (SSSR count). The first-order valence-corrected chi connectivity index (χ1v) is 10.5. The normalized spacial score (nSPS) is 15.5. The van der Waals surface area contributed by atoms with Crippen molar-refractivity contribution in [3.05, 3.63) is 53.9 Å². The number of aromatic nitrogens is 1. The third kappa shape index (κ3) is 6.91. The van der Waals surface area contributed by atoms with Crippen molar-refractivity contribution in [2.45, 2.75) is 25.9 Å². The number of piperidine rings is 1. The molecule has 0 radical (unpaired) electrons. The number of nitrogens with one attached hydrogen (secondary N) is 1. The minimum atomic E-state index is 0. The van der Waals surface area contributed by atoms with Crippen LogP contribution in [-0.4, -0.2) is 61.2 Å². The average Bonchev–Trinajstić information content (AvgIpc) is 3.14. The highest BCUT2D eigenvalue weighted by Crippen LogP contribution is 2.20. The largest absolute Gasteiger partial charge is 0.497 e. The molecule has 2 aromatic rings. The molecule has 1 N–H and O–H groups in total. The summed E-state index contributed by atoms with van der Waals surface area (Å²) in [7, 11) is 7.75. The summed E-state index contributed by atoms with van der Waals surface area (Å²) in [4.78, 5) is 9.21. The quantitative estimate of drug-likeness (QED) is 0.341. The molecular formula is C23H36IN5O. The second-order valence-corrected chi connectivity index (χ2v) is 7.96. The summed E-state index contributed by atoms with van der Waals surface area (Å²) >= 11 is 0. The average molecular weight is 525 g/mol. The molecule has 1 saturated heterocycles. The lowest BCUT2D eigenvalue weighted by Gasteiger charge is -2.33. The minimum Gasteiger partial charge on any atom is -0.497 e. The van der Waals surface area contributed by atoms with E-state index in [0.29, 0.717) is 5.92 Å². The van der Waals surface area contributed by atoms with Crippen molar-refractivity contribution in [3.8, 4) is 5.75 Å². The fraction of sp³-hybridized carbons (Fsp3) is 0.522. The lowest BCUT2D eigenvalue weighted by atomic mass is 9.96. The topological polar surface area (TPSA) is 45.0 Å². The molecule has 0 bridgehead atoms. The van der Waals surface area contributed by atoms with E-state index in [1.54, 1.807) is 7.11 Å². The summed E-state index contributed by atoms with van der Waals surface area (Å²) in [5.74, 6) is 2.58. The van der Waals surface area contributed by atoms with Crippen LogP contribution in [0.15, 0.2) is 47.6 Å². The van der Waals surface area contributed by atoms with Gasteiger partial charge in [-0.3, -0.25) is 9.89 Å². The molecule has 1 fully saturated rings. The van der Waals surface area contributed by atoms with Crippen LogP contribution in [0, 0.1) is 5.92 Å². The first kappa shape index (κ1) is 24.5. The number of likely N-dealkylation sites (tertiary alicyclic amines) is 1. The van der Waals surface area contributed by atoms with Crippen LogP contribution >= 0.6 is 24.0 Å². The third-order valence-corrected chi connectivity index (χ3v) is 5.85. The van der Waals surface area contributed by atoms with Crippen LogP contribution in [0.3, 0.4) is 0 Å². The van der Waals surface area contributed by atoms with Crippen LogP contribution in [0.4, 0.5) is 0 Å². The molecule has 166 valence electrons. The molecule has 2 heterocycles. The van der Waals surface area contributed by atoms with Crippen LogP contribution in [0.25, 0.3) is 0 Å². The van der Waals surface area contributed by atoms with E-state index in [1.807, 2.05) is 19.2 Å². The number of hydrogen-bond acceptors (Lipinski definition) is 3. The molecule has 1 aliphatic rings. The van der Waals surface area contributed by atoms with Crippen molar-refractivity contribution in [1.29, 1.82) is 0 Å². The second-order valence-electron chi connectivity index (χ2n) is 7.96. The molecular weight excluding hydrogens is 489 g/mol. The Morgan fingerprint density at radius 3 is 2.47 bits per heavy atom. The smallest absolute Gasteiger partial charge is 0.193 e. The van der Waals surface area contributed by atoms with Crippen LogP contribution in [0.5, 0.6) is 5.75 Å². The number of hydrogen-bond donors (Lipinski definition) is 1. The molecule has 0 unspecified atom stereocenters. The van der Waals surface area contributed by atoms with E-state index in [1.165, 1.54) is 24.1 Å². The Bertz CT molecular complexity index is 781. The zero-order valence-electron chi connectivity index (χ0n) is 18.7. The van der Waals surface area contributed by atoms with Crippen LogP contribution in [0.2, 0.25) is 0 Å². The maximum Gasteiger partial charge on any atom is 0.193 e. The van der Waals surface area contributed by atoms with E-state index in [2.05, 4.69) is 69.2 Å². The minimum absolute atomic E-state index is 0. The van der Waals surface area contributed by atoms with Crippen LogP contribution in [0.1, 0.15) is 24.1 Å². The number of halogens is 1. The lowest BCUT2D eigenvalue weighted by molar-refractivity contribution is 0.177. The Morgan fingerprint density at radius 2 is 1.90 bits per heavy atom. The Labute approximate surface area is 198 Å². The van der Waals surface area contributed by atoms with Gasteiger partial charge in [-0.15, -0.1) is 24.0 Å². The molecule has 6 nitrogen and oxygen atoms in total. The Kier molecular flexibility index (Phi) is 9.97. The molecule has 0 spiro atoms. The Morgan fingerprint density at radius 1 is 1.20 bits per heavy atom. The molecule has 0 amide bonds. The molecule has 0 aliphatic carbocycles. The highest BCUT2D eigenvalue weighted by Gasteiger charge is 2.20. The van der Waals surface area contributed by atoms with Gasteiger partial charge in [-0.25, -0.2) is 0 Å². The van der Waals surface area contributed by atoms with Gasteiger partial charge >= 0.3 is 0 Å². The first-order chi connectivity index (χ1) is 14.1. The van der Waals surface area contributed by atoms with Crippen molar-refractivity contribution in [3.63, 3.8) is 0 Å². The molecule has 7 heteroatoms.